The van der Waals surface area contributed by atoms with E-state index >= 15 is 0 Å². The van der Waals surface area contributed by atoms with Crippen molar-refractivity contribution < 1.29 is 4.74 Å². The Hall–Kier alpha value is -0.0700. The highest BCUT2D eigenvalue weighted by atomic mass is 32.2. The number of ether oxygens (including phenoxy) is 1. The van der Waals surface area contributed by atoms with Crippen molar-refractivity contribution in [1.82, 2.24) is 10.2 Å². The molecule has 0 aliphatic carbocycles. The fraction of sp³-hybridized carbons (Fsp3) is 0.733. The number of hydrogen-bond acceptors (Lipinski definition) is 5. The second kappa shape index (κ2) is 7.80. The first-order valence-electron chi connectivity index (χ1n) is 7.60. The van der Waals surface area contributed by atoms with Gasteiger partial charge in [-0.25, -0.2) is 0 Å². The topological polar surface area (TPSA) is 24.5 Å². The Balaban J connectivity index is 1.59. The largest absolute Gasteiger partial charge is 0.379 e. The van der Waals surface area contributed by atoms with Crippen LogP contribution in [0.1, 0.15) is 23.8 Å². The Morgan fingerprint density at radius 2 is 2.30 bits per heavy atom. The third-order valence-corrected chi connectivity index (χ3v) is 6.31. The molecular formula is C15H24N2OS2. The third kappa shape index (κ3) is 3.98. The Labute approximate surface area is 130 Å². The Bertz CT molecular complexity index is 373. The van der Waals surface area contributed by atoms with E-state index in [0.29, 0.717) is 12.1 Å². The summed E-state index contributed by atoms with van der Waals surface area (Å²) in [5.74, 6) is 2.62. The van der Waals surface area contributed by atoms with Gasteiger partial charge in [0.25, 0.3) is 0 Å². The molecular weight excluding hydrogens is 288 g/mol. The van der Waals surface area contributed by atoms with Gasteiger partial charge in [-0.3, -0.25) is 4.90 Å². The van der Waals surface area contributed by atoms with Gasteiger partial charge in [0.2, 0.25) is 0 Å². The first kappa shape index (κ1) is 14.9. The van der Waals surface area contributed by atoms with Crippen molar-refractivity contribution in [1.29, 1.82) is 0 Å². The molecule has 0 amide bonds. The number of rotatable bonds is 5. The molecule has 2 saturated heterocycles. The van der Waals surface area contributed by atoms with E-state index in [-0.39, 0.29) is 0 Å². The molecule has 3 rings (SSSR count). The molecule has 112 valence electrons. The highest BCUT2D eigenvalue weighted by Gasteiger charge is 2.24. The highest BCUT2D eigenvalue weighted by Crippen LogP contribution is 2.26. The molecule has 5 heteroatoms. The van der Waals surface area contributed by atoms with Gasteiger partial charge >= 0.3 is 0 Å². The quantitative estimate of drug-likeness (QED) is 0.903. The normalized spacial score (nSPS) is 26.5. The van der Waals surface area contributed by atoms with Crippen molar-refractivity contribution in [3.8, 4) is 0 Å². The summed E-state index contributed by atoms with van der Waals surface area (Å²) in [6.45, 7) is 4.95. The molecule has 20 heavy (non-hydrogen) atoms. The zero-order chi connectivity index (χ0) is 13.6. The highest BCUT2D eigenvalue weighted by molar-refractivity contribution is 7.99. The number of thioether (sulfide) groups is 1. The van der Waals surface area contributed by atoms with Crippen LogP contribution < -0.4 is 5.32 Å². The van der Waals surface area contributed by atoms with Gasteiger partial charge in [0.1, 0.15) is 0 Å². The van der Waals surface area contributed by atoms with Gasteiger partial charge in [-0.2, -0.15) is 11.8 Å². The van der Waals surface area contributed by atoms with Crippen LogP contribution in [0.4, 0.5) is 0 Å². The molecule has 3 heterocycles. The van der Waals surface area contributed by atoms with Crippen LogP contribution in [-0.2, 0) is 4.74 Å². The number of nitrogens with one attached hydrogen (secondary N) is 1. The summed E-state index contributed by atoms with van der Waals surface area (Å²) in [5.41, 5.74) is 0. The molecule has 1 N–H and O–H groups in total. The molecule has 2 aliphatic heterocycles. The molecule has 0 radical (unpaired) electrons. The van der Waals surface area contributed by atoms with E-state index in [4.69, 9.17) is 4.74 Å². The smallest absolute Gasteiger partial charge is 0.0594 e. The number of nitrogens with zero attached hydrogens (tertiary/aromatic N) is 1. The first-order valence-corrected chi connectivity index (χ1v) is 9.63. The molecule has 1 aromatic heterocycles. The summed E-state index contributed by atoms with van der Waals surface area (Å²) in [6.07, 6.45) is 2.71. The molecule has 0 spiro atoms. The van der Waals surface area contributed by atoms with Gasteiger partial charge < -0.3 is 10.1 Å². The van der Waals surface area contributed by atoms with Crippen molar-refractivity contribution in [3.63, 3.8) is 0 Å². The van der Waals surface area contributed by atoms with Gasteiger partial charge in [0.15, 0.2) is 0 Å². The standard InChI is InChI=1S/C15H24N2OS2/c1-3-13(12-19-9-1)16-11-14(15-4-2-10-20-15)17-5-7-18-8-6-17/h2,4,10,13-14,16H,1,3,5-9,11-12H2/t13-,14+/m0/s1. The maximum Gasteiger partial charge on any atom is 0.0594 e. The van der Waals surface area contributed by atoms with E-state index < -0.39 is 0 Å². The number of thiophene rings is 1. The summed E-state index contributed by atoms with van der Waals surface area (Å²) < 4.78 is 5.50. The number of morpholine rings is 1. The van der Waals surface area contributed by atoms with Gasteiger partial charge in [0, 0.05) is 36.3 Å². The van der Waals surface area contributed by atoms with Crippen LogP contribution in [-0.4, -0.2) is 55.3 Å². The molecule has 1 aromatic rings. The summed E-state index contributed by atoms with van der Waals surface area (Å²) in [6, 6.07) is 5.68. The van der Waals surface area contributed by atoms with Crippen molar-refractivity contribution in [2.45, 2.75) is 24.9 Å². The number of hydrogen-bond donors (Lipinski definition) is 1. The minimum absolute atomic E-state index is 0.519. The molecule has 0 saturated carbocycles. The maximum atomic E-state index is 5.50. The average Bonchev–Trinajstić information content (AvgIpc) is 3.04. The fourth-order valence-electron chi connectivity index (χ4n) is 2.96. The van der Waals surface area contributed by atoms with Crippen LogP contribution in [0.15, 0.2) is 17.5 Å². The van der Waals surface area contributed by atoms with E-state index in [1.165, 1.54) is 29.2 Å². The van der Waals surface area contributed by atoms with Crippen molar-refractivity contribution in [3.05, 3.63) is 22.4 Å². The van der Waals surface area contributed by atoms with Gasteiger partial charge in [-0.1, -0.05) is 6.07 Å². The van der Waals surface area contributed by atoms with Crippen molar-refractivity contribution >= 4 is 23.1 Å². The predicted octanol–water partition coefficient (Wildman–Crippen LogP) is 2.61. The van der Waals surface area contributed by atoms with Crippen LogP contribution in [0, 0.1) is 0 Å². The van der Waals surface area contributed by atoms with Crippen LogP contribution >= 0.6 is 23.1 Å². The maximum absolute atomic E-state index is 5.50. The zero-order valence-corrected chi connectivity index (χ0v) is 13.6. The van der Waals surface area contributed by atoms with Crippen LogP contribution in [0.25, 0.3) is 0 Å². The average molecular weight is 313 g/mol. The molecule has 2 aliphatic rings. The lowest BCUT2D eigenvalue weighted by Crippen LogP contribution is -2.45. The van der Waals surface area contributed by atoms with E-state index in [2.05, 4.69) is 39.5 Å². The lowest BCUT2D eigenvalue weighted by molar-refractivity contribution is 0.0164. The SMILES string of the molecule is c1csc([C@@H](CN[C@H]2CCCSC2)N2CCOCC2)c1. The Morgan fingerprint density at radius 1 is 1.40 bits per heavy atom. The molecule has 2 atom stereocenters. The fourth-order valence-corrected chi connectivity index (χ4v) is 4.93. The lowest BCUT2D eigenvalue weighted by Gasteiger charge is -2.35. The first-order chi connectivity index (χ1) is 9.93. The summed E-state index contributed by atoms with van der Waals surface area (Å²) in [5, 5.41) is 6.00. The van der Waals surface area contributed by atoms with E-state index in [1.807, 2.05) is 11.3 Å². The lowest BCUT2D eigenvalue weighted by atomic mass is 10.1. The molecule has 3 nitrogen and oxygen atoms in total. The predicted molar refractivity (Wildman–Crippen MR) is 87.8 cm³/mol. The molecule has 0 aromatic carbocycles. The van der Waals surface area contributed by atoms with E-state index in [9.17, 15) is 0 Å². The van der Waals surface area contributed by atoms with E-state index in [0.717, 1.165) is 32.8 Å². The van der Waals surface area contributed by atoms with Crippen LogP contribution in [0.3, 0.4) is 0 Å². The van der Waals surface area contributed by atoms with Crippen LogP contribution in [0.2, 0.25) is 0 Å². The zero-order valence-electron chi connectivity index (χ0n) is 11.9. The Morgan fingerprint density at radius 3 is 3.00 bits per heavy atom. The second-order valence-corrected chi connectivity index (χ2v) is 7.63. The minimum Gasteiger partial charge on any atom is -0.379 e. The Kier molecular flexibility index (Phi) is 5.79. The van der Waals surface area contributed by atoms with Crippen molar-refractivity contribution in [2.75, 3.05) is 44.4 Å². The summed E-state index contributed by atoms with van der Waals surface area (Å²) in [4.78, 5) is 4.07. The minimum atomic E-state index is 0.519. The third-order valence-electron chi connectivity index (χ3n) is 4.12. The van der Waals surface area contributed by atoms with Gasteiger partial charge in [-0.05, 0) is 30.0 Å². The molecule has 2 fully saturated rings. The second-order valence-electron chi connectivity index (χ2n) is 5.50. The monoisotopic (exact) mass is 312 g/mol. The van der Waals surface area contributed by atoms with Gasteiger partial charge in [-0.15, -0.1) is 11.3 Å². The van der Waals surface area contributed by atoms with Crippen molar-refractivity contribution in [2.24, 2.45) is 0 Å². The van der Waals surface area contributed by atoms with E-state index in [1.54, 1.807) is 0 Å². The van der Waals surface area contributed by atoms with Crippen LogP contribution in [0.5, 0.6) is 0 Å². The molecule has 0 unspecified atom stereocenters. The molecule has 0 bridgehead atoms. The summed E-state index contributed by atoms with van der Waals surface area (Å²) in [7, 11) is 0. The van der Waals surface area contributed by atoms with Gasteiger partial charge in [0.05, 0.1) is 19.3 Å². The summed E-state index contributed by atoms with van der Waals surface area (Å²) >= 11 is 3.98.